The third kappa shape index (κ3) is 5.21. The summed E-state index contributed by atoms with van der Waals surface area (Å²) in [5.41, 5.74) is 0.379. The van der Waals surface area contributed by atoms with E-state index >= 15 is 0 Å². The minimum Gasteiger partial charge on any atom is -0.383 e. The molecule has 106 valence electrons. The van der Waals surface area contributed by atoms with Crippen molar-refractivity contribution in [2.45, 2.75) is 19.8 Å². The summed E-state index contributed by atoms with van der Waals surface area (Å²) in [6.45, 7) is 3.97. The molecule has 0 radical (unpaired) electrons. The van der Waals surface area contributed by atoms with Gasteiger partial charge in [0.15, 0.2) is 0 Å². The zero-order valence-electron chi connectivity index (χ0n) is 11.8. The second-order valence-electron chi connectivity index (χ2n) is 4.27. The summed E-state index contributed by atoms with van der Waals surface area (Å²) in [5.74, 6) is 0.373. The summed E-state index contributed by atoms with van der Waals surface area (Å²) in [5, 5.41) is 2.74. The van der Waals surface area contributed by atoms with Crippen LogP contribution in [0.15, 0.2) is 12.3 Å². The summed E-state index contributed by atoms with van der Waals surface area (Å²) < 4.78 is 4.88. The Morgan fingerprint density at radius 3 is 3.00 bits per heavy atom. The lowest BCUT2D eigenvalue weighted by molar-refractivity contribution is 0.0932. The van der Waals surface area contributed by atoms with Crippen molar-refractivity contribution in [1.29, 1.82) is 0 Å². The van der Waals surface area contributed by atoms with Gasteiger partial charge in [0, 0.05) is 33.4 Å². The van der Waals surface area contributed by atoms with E-state index in [9.17, 15) is 4.79 Å². The van der Waals surface area contributed by atoms with Gasteiger partial charge in [-0.05, 0) is 12.5 Å². The van der Waals surface area contributed by atoms with Gasteiger partial charge in [0.05, 0.1) is 6.61 Å². The number of hydrogen-bond donors (Lipinski definition) is 1. The number of unbranched alkanes of at least 4 members (excludes halogenated alkanes) is 1. The normalized spacial score (nSPS) is 10.3. The van der Waals surface area contributed by atoms with Crippen molar-refractivity contribution in [1.82, 2.24) is 15.3 Å². The zero-order chi connectivity index (χ0) is 14.1. The van der Waals surface area contributed by atoms with Crippen LogP contribution < -0.4 is 10.2 Å². The van der Waals surface area contributed by atoms with E-state index in [0.717, 1.165) is 19.4 Å². The maximum Gasteiger partial charge on any atom is 0.270 e. The highest BCUT2D eigenvalue weighted by Gasteiger charge is 2.10. The number of nitrogens with zero attached hydrogens (tertiary/aromatic N) is 3. The Bertz CT molecular complexity index is 398. The zero-order valence-corrected chi connectivity index (χ0v) is 11.8. The summed E-state index contributed by atoms with van der Waals surface area (Å²) in [7, 11) is 3.52. The molecule has 1 aromatic heterocycles. The van der Waals surface area contributed by atoms with Crippen LogP contribution in [0.25, 0.3) is 0 Å². The molecular formula is C13H22N4O2. The average molecular weight is 266 g/mol. The van der Waals surface area contributed by atoms with E-state index in [1.165, 1.54) is 0 Å². The fourth-order valence-electron chi connectivity index (χ4n) is 1.51. The Balaban J connectivity index is 2.62. The van der Waals surface area contributed by atoms with E-state index in [1.807, 2.05) is 11.9 Å². The lowest BCUT2D eigenvalue weighted by Crippen LogP contribution is -2.29. The van der Waals surface area contributed by atoms with Crippen molar-refractivity contribution in [2.75, 3.05) is 38.8 Å². The predicted octanol–water partition coefficient (Wildman–Crippen LogP) is 1.09. The molecule has 0 aromatic carbocycles. The molecule has 1 amide bonds. The van der Waals surface area contributed by atoms with E-state index in [2.05, 4.69) is 22.2 Å². The van der Waals surface area contributed by atoms with Crippen LogP contribution in [0.2, 0.25) is 0 Å². The molecule has 0 saturated carbocycles. The molecule has 0 saturated heterocycles. The van der Waals surface area contributed by atoms with Crippen LogP contribution >= 0.6 is 0 Å². The minimum atomic E-state index is -0.204. The first-order chi connectivity index (χ1) is 9.19. The van der Waals surface area contributed by atoms with E-state index in [1.54, 1.807) is 19.4 Å². The number of amides is 1. The molecule has 1 heterocycles. The van der Waals surface area contributed by atoms with Gasteiger partial charge in [0.2, 0.25) is 5.95 Å². The molecule has 0 aliphatic heterocycles. The maximum atomic E-state index is 11.8. The minimum absolute atomic E-state index is 0.204. The molecule has 0 unspecified atom stereocenters. The highest BCUT2D eigenvalue weighted by molar-refractivity contribution is 5.92. The van der Waals surface area contributed by atoms with Crippen LogP contribution in [-0.4, -0.2) is 49.7 Å². The Morgan fingerprint density at radius 2 is 2.32 bits per heavy atom. The maximum absolute atomic E-state index is 11.8. The quantitative estimate of drug-likeness (QED) is 0.713. The monoisotopic (exact) mass is 266 g/mol. The SMILES string of the molecule is CCCCN(C)c1nccc(C(=O)NCCOC)n1. The van der Waals surface area contributed by atoms with Gasteiger partial charge in [-0.15, -0.1) is 0 Å². The lowest BCUT2D eigenvalue weighted by Gasteiger charge is -2.16. The number of methoxy groups -OCH3 is 1. The number of carbonyl (C=O) groups is 1. The van der Waals surface area contributed by atoms with Gasteiger partial charge in [0.1, 0.15) is 5.69 Å². The van der Waals surface area contributed by atoms with Crippen molar-refractivity contribution < 1.29 is 9.53 Å². The third-order valence-electron chi connectivity index (χ3n) is 2.66. The molecule has 0 spiro atoms. The molecule has 19 heavy (non-hydrogen) atoms. The van der Waals surface area contributed by atoms with Crippen LogP contribution in [0.1, 0.15) is 30.3 Å². The Kier molecular flexibility index (Phi) is 6.81. The van der Waals surface area contributed by atoms with E-state index in [-0.39, 0.29) is 5.91 Å². The summed E-state index contributed by atoms with van der Waals surface area (Å²) in [4.78, 5) is 22.2. The molecule has 1 rings (SSSR count). The number of hydrogen-bond acceptors (Lipinski definition) is 5. The van der Waals surface area contributed by atoms with Gasteiger partial charge in [0.25, 0.3) is 5.91 Å². The van der Waals surface area contributed by atoms with Gasteiger partial charge in [-0.1, -0.05) is 13.3 Å². The molecule has 6 nitrogen and oxygen atoms in total. The van der Waals surface area contributed by atoms with Crippen molar-refractivity contribution in [3.05, 3.63) is 18.0 Å². The topological polar surface area (TPSA) is 67.4 Å². The second kappa shape index (κ2) is 8.42. The number of carbonyl (C=O) groups excluding carboxylic acids is 1. The Labute approximate surface area is 114 Å². The molecule has 0 aliphatic rings. The Hall–Kier alpha value is -1.69. The fraction of sp³-hybridized carbons (Fsp3) is 0.615. The van der Waals surface area contributed by atoms with Crippen LogP contribution in [0.4, 0.5) is 5.95 Å². The molecule has 6 heteroatoms. The van der Waals surface area contributed by atoms with Gasteiger partial charge >= 0.3 is 0 Å². The van der Waals surface area contributed by atoms with Crippen LogP contribution in [0.3, 0.4) is 0 Å². The van der Waals surface area contributed by atoms with E-state index < -0.39 is 0 Å². The highest BCUT2D eigenvalue weighted by Crippen LogP contribution is 2.06. The highest BCUT2D eigenvalue weighted by atomic mass is 16.5. The molecule has 0 bridgehead atoms. The largest absolute Gasteiger partial charge is 0.383 e. The fourth-order valence-corrected chi connectivity index (χ4v) is 1.51. The molecule has 0 atom stereocenters. The van der Waals surface area contributed by atoms with Crippen molar-refractivity contribution >= 4 is 11.9 Å². The van der Waals surface area contributed by atoms with E-state index in [4.69, 9.17) is 4.74 Å². The number of aromatic nitrogens is 2. The second-order valence-corrected chi connectivity index (χ2v) is 4.27. The first kappa shape index (κ1) is 15.4. The first-order valence-corrected chi connectivity index (χ1v) is 6.50. The van der Waals surface area contributed by atoms with Crippen LogP contribution in [0.5, 0.6) is 0 Å². The number of rotatable bonds is 8. The van der Waals surface area contributed by atoms with Crippen molar-refractivity contribution in [3.8, 4) is 0 Å². The van der Waals surface area contributed by atoms with Crippen molar-refractivity contribution in [2.24, 2.45) is 0 Å². The number of anilines is 1. The Morgan fingerprint density at radius 1 is 1.53 bits per heavy atom. The molecular weight excluding hydrogens is 244 g/mol. The van der Waals surface area contributed by atoms with Crippen LogP contribution in [0, 0.1) is 0 Å². The molecule has 0 fully saturated rings. The third-order valence-corrected chi connectivity index (χ3v) is 2.66. The molecule has 1 N–H and O–H groups in total. The number of nitrogens with one attached hydrogen (secondary N) is 1. The first-order valence-electron chi connectivity index (χ1n) is 6.50. The van der Waals surface area contributed by atoms with Crippen LogP contribution in [-0.2, 0) is 4.74 Å². The lowest BCUT2D eigenvalue weighted by atomic mass is 10.3. The standard InChI is InChI=1S/C13H22N4O2/c1-4-5-9-17(2)13-15-7-6-11(16-13)12(18)14-8-10-19-3/h6-7H,4-5,8-10H2,1-3H3,(H,14,18). The van der Waals surface area contributed by atoms with Gasteiger partial charge < -0.3 is 15.0 Å². The van der Waals surface area contributed by atoms with Gasteiger partial charge in [-0.3, -0.25) is 4.79 Å². The van der Waals surface area contributed by atoms with Crippen molar-refractivity contribution in [3.63, 3.8) is 0 Å². The average Bonchev–Trinajstić information content (AvgIpc) is 2.45. The predicted molar refractivity (Wildman–Crippen MR) is 74.4 cm³/mol. The smallest absolute Gasteiger partial charge is 0.270 e. The van der Waals surface area contributed by atoms with E-state index in [0.29, 0.717) is 24.8 Å². The molecule has 1 aromatic rings. The molecule has 0 aliphatic carbocycles. The van der Waals surface area contributed by atoms with Gasteiger partial charge in [-0.2, -0.15) is 0 Å². The summed E-state index contributed by atoms with van der Waals surface area (Å²) in [6.07, 6.45) is 3.79. The number of ether oxygens (including phenoxy) is 1. The summed E-state index contributed by atoms with van der Waals surface area (Å²) in [6, 6.07) is 1.61. The van der Waals surface area contributed by atoms with Gasteiger partial charge in [-0.25, -0.2) is 9.97 Å². The summed E-state index contributed by atoms with van der Waals surface area (Å²) >= 11 is 0.